The number of benzene rings is 2. The molecule has 0 saturated heterocycles. The largest absolute Gasteiger partial charge is 0.264 e. The molecular formula is C18H18N4O2S. The zero-order chi connectivity index (χ0) is 17.8. The maximum Gasteiger partial charge on any atom is 0.203 e. The lowest BCUT2D eigenvalue weighted by molar-refractivity contribution is 0.0291. The molecule has 25 heavy (non-hydrogen) atoms. The van der Waals surface area contributed by atoms with E-state index in [1.807, 2.05) is 12.3 Å². The second-order valence-electron chi connectivity index (χ2n) is 5.55. The lowest BCUT2D eigenvalue weighted by Crippen LogP contribution is -2.11. The van der Waals surface area contributed by atoms with Gasteiger partial charge in [0.2, 0.25) is 5.13 Å². The predicted molar refractivity (Wildman–Crippen MR) is 101 cm³/mol. The third kappa shape index (κ3) is 4.21. The molecule has 0 aliphatic heterocycles. The maximum absolute atomic E-state index is 8.96. The van der Waals surface area contributed by atoms with Crippen LogP contribution in [0.5, 0.6) is 0 Å². The van der Waals surface area contributed by atoms with Gasteiger partial charge < -0.3 is 0 Å². The second kappa shape index (κ2) is 7.43. The predicted octanol–water partition coefficient (Wildman–Crippen LogP) is 4.54. The fourth-order valence-electron chi connectivity index (χ4n) is 2.21. The first-order chi connectivity index (χ1) is 12.0. The molecule has 3 N–H and O–H groups in total. The van der Waals surface area contributed by atoms with Gasteiger partial charge in [-0.05, 0) is 31.5 Å². The van der Waals surface area contributed by atoms with Crippen LogP contribution in [0.1, 0.15) is 18.1 Å². The molecule has 1 aromatic heterocycles. The van der Waals surface area contributed by atoms with E-state index in [0.717, 1.165) is 22.5 Å². The Bertz CT molecular complexity index is 871. The Hall–Kier alpha value is -2.74. The van der Waals surface area contributed by atoms with Crippen molar-refractivity contribution in [3.8, 4) is 11.3 Å². The van der Waals surface area contributed by atoms with Gasteiger partial charge >= 0.3 is 0 Å². The quantitative estimate of drug-likeness (QED) is 0.463. The molecule has 0 aliphatic rings. The Labute approximate surface area is 149 Å². The van der Waals surface area contributed by atoms with Crippen LogP contribution in [-0.2, 0) is 0 Å². The molecule has 0 saturated carbocycles. The Morgan fingerprint density at radius 2 is 1.76 bits per heavy atom. The summed E-state index contributed by atoms with van der Waals surface area (Å²) in [5.41, 5.74) is 8.09. The molecule has 0 amide bonds. The van der Waals surface area contributed by atoms with E-state index in [2.05, 4.69) is 46.7 Å². The summed E-state index contributed by atoms with van der Waals surface area (Å²) in [6.07, 6.45) is 0. The highest BCUT2D eigenvalue weighted by Crippen LogP contribution is 2.25. The standard InChI is InChI=1S/C18H18N4O2S/c1-12-3-5-15(6-4-12)17-11-25-18(19-17)21-20-13(2)14-7-9-16(10-8-14)22(23)24/h3-11,23-24H,1-2H3,(H,19,21)/b20-13+. The van der Waals surface area contributed by atoms with Gasteiger partial charge in [-0.15, -0.1) is 16.6 Å². The lowest BCUT2D eigenvalue weighted by Gasteiger charge is -2.08. The van der Waals surface area contributed by atoms with Crippen LogP contribution in [0.4, 0.5) is 10.8 Å². The van der Waals surface area contributed by atoms with Crippen LogP contribution in [-0.4, -0.2) is 21.1 Å². The van der Waals surface area contributed by atoms with Crippen LogP contribution in [0.3, 0.4) is 0 Å². The van der Waals surface area contributed by atoms with E-state index >= 15 is 0 Å². The number of aromatic nitrogens is 1. The first kappa shape index (κ1) is 17.1. The molecule has 0 spiro atoms. The van der Waals surface area contributed by atoms with Gasteiger partial charge in [0.25, 0.3) is 0 Å². The van der Waals surface area contributed by atoms with Crippen LogP contribution in [0, 0.1) is 6.92 Å². The Morgan fingerprint density at radius 3 is 2.40 bits per heavy atom. The van der Waals surface area contributed by atoms with Crippen molar-refractivity contribution < 1.29 is 10.4 Å². The topological polar surface area (TPSA) is 81.0 Å². The number of hydrazone groups is 1. The minimum Gasteiger partial charge on any atom is -0.264 e. The van der Waals surface area contributed by atoms with Crippen LogP contribution in [0.15, 0.2) is 59.0 Å². The molecule has 6 nitrogen and oxygen atoms in total. The number of anilines is 2. The average Bonchev–Trinajstić information content (AvgIpc) is 3.09. The second-order valence-corrected chi connectivity index (χ2v) is 6.41. The summed E-state index contributed by atoms with van der Waals surface area (Å²) >= 11 is 1.49. The van der Waals surface area contributed by atoms with E-state index in [-0.39, 0.29) is 10.9 Å². The third-order valence-electron chi connectivity index (χ3n) is 3.69. The molecular weight excluding hydrogens is 336 g/mol. The fourth-order valence-corrected chi connectivity index (χ4v) is 2.88. The van der Waals surface area contributed by atoms with Gasteiger partial charge in [-0.2, -0.15) is 5.10 Å². The van der Waals surface area contributed by atoms with Crippen molar-refractivity contribution in [2.75, 3.05) is 10.7 Å². The number of hydrogen-bond acceptors (Lipinski definition) is 7. The van der Waals surface area contributed by atoms with E-state index in [0.29, 0.717) is 5.13 Å². The molecule has 0 unspecified atom stereocenters. The zero-order valence-electron chi connectivity index (χ0n) is 13.8. The summed E-state index contributed by atoms with van der Waals surface area (Å²) in [5.74, 6) is 0. The summed E-state index contributed by atoms with van der Waals surface area (Å²) in [7, 11) is 0. The smallest absolute Gasteiger partial charge is 0.203 e. The van der Waals surface area contributed by atoms with E-state index < -0.39 is 0 Å². The van der Waals surface area contributed by atoms with E-state index in [4.69, 9.17) is 10.4 Å². The Kier molecular flexibility index (Phi) is 5.08. The number of nitrogens with one attached hydrogen (secondary N) is 1. The van der Waals surface area contributed by atoms with Gasteiger partial charge in [0, 0.05) is 10.9 Å². The van der Waals surface area contributed by atoms with Crippen LogP contribution in [0.2, 0.25) is 0 Å². The van der Waals surface area contributed by atoms with Crippen molar-refractivity contribution in [1.82, 2.24) is 4.98 Å². The number of thiazole rings is 1. The van der Waals surface area contributed by atoms with Gasteiger partial charge in [0.05, 0.1) is 17.1 Å². The fraction of sp³-hybridized carbons (Fsp3) is 0.111. The molecule has 128 valence electrons. The third-order valence-corrected chi connectivity index (χ3v) is 4.43. The van der Waals surface area contributed by atoms with Crippen molar-refractivity contribution in [2.24, 2.45) is 5.10 Å². The van der Waals surface area contributed by atoms with Gasteiger partial charge in [-0.3, -0.25) is 15.8 Å². The van der Waals surface area contributed by atoms with Gasteiger partial charge in [-0.1, -0.05) is 42.0 Å². The molecule has 0 aliphatic carbocycles. The number of rotatable bonds is 5. The molecule has 0 atom stereocenters. The summed E-state index contributed by atoms with van der Waals surface area (Å²) < 4.78 is 0. The monoisotopic (exact) mass is 354 g/mol. The average molecular weight is 354 g/mol. The zero-order valence-corrected chi connectivity index (χ0v) is 14.7. The van der Waals surface area contributed by atoms with Crippen LogP contribution < -0.4 is 10.7 Å². The van der Waals surface area contributed by atoms with E-state index in [9.17, 15) is 0 Å². The minimum atomic E-state index is 0.0800. The van der Waals surface area contributed by atoms with E-state index in [1.165, 1.54) is 16.9 Å². The highest BCUT2D eigenvalue weighted by atomic mass is 32.1. The van der Waals surface area contributed by atoms with Gasteiger partial charge in [-0.25, -0.2) is 4.98 Å². The minimum absolute atomic E-state index is 0.0800. The van der Waals surface area contributed by atoms with Crippen molar-refractivity contribution in [3.05, 3.63) is 65.0 Å². The van der Waals surface area contributed by atoms with E-state index in [1.54, 1.807) is 24.3 Å². The molecule has 3 aromatic rings. The number of nitrogens with zero attached hydrogens (tertiary/aromatic N) is 3. The molecule has 2 aromatic carbocycles. The Balaban J connectivity index is 1.70. The summed E-state index contributed by atoms with van der Waals surface area (Å²) in [6.45, 7) is 3.92. The highest BCUT2D eigenvalue weighted by molar-refractivity contribution is 7.14. The van der Waals surface area contributed by atoms with Crippen LogP contribution in [0.25, 0.3) is 11.3 Å². The molecule has 0 radical (unpaired) electrons. The lowest BCUT2D eigenvalue weighted by atomic mass is 10.1. The summed E-state index contributed by atoms with van der Waals surface area (Å²) in [4.78, 5) is 4.54. The van der Waals surface area contributed by atoms with Crippen molar-refractivity contribution >= 4 is 27.9 Å². The molecule has 0 fully saturated rings. The summed E-state index contributed by atoms with van der Waals surface area (Å²) in [6, 6.07) is 14.9. The molecule has 0 bridgehead atoms. The first-order valence-electron chi connectivity index (χ1n) is 7.64. The van der Waals surface area contributed by atoms with Crippen LogP contribution >= 0.6 is 11.3 Å². The maximum atomic E-state index is 8.96. The number of aryl methyl sites for hydroxylation is 1. The highest BCUT2D eigenvalue weighted by Gasteiger charge is 2.05. The van der Waals surface area contributed by atoms with Crippen molar-refractivity contribution in [1.29, 1.82) is 0 Å². The summed E-state index contributed by atoms with van der Waals surface area (Å²) in [5, 5.41) is 25.0. The van der Waals surface area contributed by atoms with Crippen molar-refractivity contribution in [2.45, 2.75) is 13.8 Å². The molecule has 7 heteroatoms. The van der Waals surface area contributed by atoms with Crippen molar-refractivity contribution in [3.63, 3.8) is 0 Å². The molecule has 1 heterocycles. The Morgan fingerprint density at radius 1 is 1.08 bits per heavy atom. The SMILES string of the molecule is C/C(=N\Nc1nc(-c2ccc(C)cc2)cs1)c1ccc(N(O)O)cc1. The van der Waals surface area contributed by atoms with Gasteiger partial charge in [0.15, 0.2) is 0 Å². The first-order valence-corrected chi connectivity index (χ1v) is 8.52. The molecule has 3 rings (SSSR count). The van der Waals surface area contributed by atoms with Gasteiger partial charge in [0.1, 0.15) is 0 Å². The number of hydrogen-bond donors (Lipinski definition) is 3. The normalized spacial score (nSPS) is 11.4.